The molecular weight excluding hydrogens is 337 g/mol. The number of hydrogen-bond donors (Lipinski definition) is 2. The fourth-order valence-corrected chi connectivity index (χ4v) is 3.27. The summed E-state index contributed by atoms with van der Waals surface area (Å²) in [6, 6.07) is 5.54. The fourth-order valence-electron chi connectivity index (χ4n) is 3.27. The molecule has 1 aromatic carbocycles. The van der Waals surface area contributed by atoms with E-state index in [1.807, 2.05) is 16.9 Å². The van der Waals surface area contributed by atoms with Crippen LogP contribution < -0.4 is 11.1 Å². The van der Waals surface area contributed by atoms with Gasteiger partial charge in [0.2, 0.25) is 0 Å². The number of anilines is 1. The maximum absolute atomic E-state index is 13.6. The van der Waals surface area contributed by atoms with Crippen molar-refractivity contribution in [1.82, 2.24) is 14.7 Å². The molecule has 0 aliphatic carbocycles. The van der Waals surface area contributed by atoms with Gasteiger partial charge in [0.15, 0.2) is 0 Å². The number of primary amides is 1. The molecule has 0 saturated carbocycles. The van der Waals surface area contributed by atoms with E-state index in [0.29, 0.717) is 12.2 Å². The number of carbonyl (C=O) groups is 2. The van der Waals surface area contributed by atoms with Crippen LogP contribution in [0.5, 0.6) is 0 Å². The van der Waals surface area contributed by atoms with E-state index >= 15 is 0 Å². The Labute approximate surface area is 151 Å². The van der Waals surface area contributed by atoms with Gasteiger partial charge in [-0.1, -0.05) is 0 Å². The zero-order valence-corrected chi connectivity index (χ0v) is 14.4. The first-order chi connectivity index (χ1) is 12.5. The summed E-state index contributed by atoms with van der Waals surface area (Å²) in [5, 5.41) is 6.94. The minimum atomic E-state index is -0.867. The minimum Gasteiger partial charge on any atom is -0.366 e. The van der Waals surface area contributed by atoms with E-state index in [1.54, 1.807) is 11.1 Å². The van der Waals surface area contributed by atoms with Gasteiger partial charge in [-0.2, -0.15) is 5.10 Å². The lowest BCUT2D eigenvalue weighted by Crippen LogP contribution is -2.46. The van der Waals surface area contributed by atoms with Crippen LogP contribution >= 0.6 is 0 Å². The number of piperidine rings is 1. The molecule has 8 heteroatoms. The highest BCUT2D eigenvalue weighted by Gasteiger charge is 2.26. The smallest absolute Gasteiger partial charge is 0.322 e. The standard InChI is InChI=1S/C18H22FN5O2/c19-16-6-5-13(12-15(16)17(20)25)22-18(26)24-10-2-1-4-14(24)7-11-23-9-3-8-21-23/h3,5-6,8-9,12,14H,1-2,4,7,10-11H2,(H2,20,25)(H,22,26)/t14-/m1/s1. The number of aromatic nitrogens is 2. The predicted octanol–water partition coefficient (Wildman–Crippen LogP) is 2.60. The number of amides is 3. The first-order valence-electron chi connectivity index (χ1n) is 8.69. The Kier molecular flexibility index (Phi) is 5.50. The molecule has 7 nitrogen and oxygen atoms in total. The number of nitrogens with one attached hydrogen (secondary N) is 1. The van der Waals surface area contributed by atoms with Crippen LogP contribution in [0.1, 0.15) is 36.0 Å². The van der Waals surface area contributed by atoms with Gasteiger partial charge >= 0.3 is 6.03 Å². The van der Waals surface area contributed by atoms with Crippen LogP contribution in [0.2, 0.25) is 0 Å². The largest absolute Gasteiger partial charge is 0.366 e. The monoisotopic (exact) mass is 359 g/mol. The Morgan fingerprint density at radius 3 is 2.92 bits per heavy atom. The number of hydrogen-bond acceptors (Lipinski definition) is 3. The molecule has 2 heterocycles. The molecule has 0 bridgehead atoms. The third-order valence-electron chi connectivity index (χ3n) is 4.62. The second kappa shape index (κ2) is 7.99. The van der Waals surface area contributed by atoms with Gasteiger partial charge in [-0.05, 0) is 49.9 Å². The summed E-state index contributed by atoms with van der Waals surface area (Å²) in [6.07, 6.45) is 7.40. The number of rotatable bonds is 5. The van der Waals surface area contributed by atoms with E-state index in [0.717, 1.165) is 38.3 Å². The quantitative estimate of drug-likeness (QED) is 0.859. The molecule has 1 saturated heterocycles. The summed E-state index contributed by atoms with van der Waals surface area (Å²) in [5.74, 6) is -1.57. The second-order valence-electron chi connectivity index (χ2n) is 6.39. The molecule has 1 fully saturated rings. The number of carbonyl (C=O) groups excluding carboxylic acids is 2. The minimum absolute atomic E-state index is 0.115. The van der Waals surface area contributed by atoms with Crippen LogP contribution in [-0.2, 0) is 6.54 Å². The number of nitrogens with zero attached hydrogens (tertiary/aromatic N) is 3. The molecule has 1 aromatic heterocycles. The number of halogens is 1. The molecule has 1 aliphatic heterocycles. The lowest BCUT2D eigenvalue weighted by molar-refractivity contribution is 0.0996. The van der Waals surface area contributed by atoms with Crippen LogP contribution in [0, 0.1) is 5.82 Å². The highest BCUT2D eigenvalue weighted by atomic mass is 19.1. The van der Waals surface area contributed by atoms with Crippen LogP contribution in [0.15, 0.2) is 36.7 Å². The van der Waals surface area contributed by atoms with Crippen molar-refractivity contribution in [1.29, 1.82) is 0 Å². The summed E-state index contributed by atoms with van der Waals surface area (Å²) in [5.41, 5.74) is 5.26. The third kappa shape index (κ3) is 4.19. The van der Waals surface area contributed by atoms with Crippen LogP contribution in [0.25, 0.3) is 0 Å². The highest BCUT2D eigenvalue weighted by molar-refractivity contribution is 5.96. The third-order valence-corrected chi connectivity index (χ3v) is 4.62. The second-order valence-corrected chi connectivity index (χ2v) is 6.39. The van der Waals surface area contributed by atoms with Crippen molar-refractivity contribution in [3.63, 3.8) is 0 Å². The summed E-state index contributed by atoms with van der Waals surface area (Å²) in [4.78, 5) is 25.8. The van der Waals surface area contributed by atoms with E-state index in [9.17, 15) is 14.0 Å². The number of aryl methyl sites for hydroxylation is 1. The van der Waals surface area contributed by atoms with Crippen LogP contribution in [0.3, 0.4) is 0 Å². The molecule has 26 heavy (non-hydrogen) atoms. The van der Waals surface area contributed by atoms with E-state index in [1.165, 1.54) is 12.1 Å². The Bertz CT molecular complexity index is 778. The van der Waals surface area contributed by atoms with Crippen LogP contribution in [0.4, 0.5) is 14.9 Å². The van der Waals surface area contributed by atoms with E-state index in [4.69, 9.17) is 5.73 Å². The van der Waals surface area contributed by atoms with Gasteiger partial charge in [-0.15, -0.1) is 0 Å². The molecule has 0 unspecified atom stereocenters. The van der Waals surface area contributed by atoms with E-state index in [2.05, 4.69) is 10.4 Å². The van der Waals surface area contributed by atoms with Gasteiger partial charge in [-0.25, -0.2) is 9.18 Å². The predicted molar refractivity (Wildman–Crippen MR) is 95.1 cm³/mol. The molecule has 3 N–H and O–H groups in total. The number of urea groups is 1. The zero-order chi connectivity index (χ0) is 18.5. The normalized spacial score (nSPS) is 17.1. The molecule has 3 rings (SSSR count). The van der Waals surface area contributed by atoms with Crippen molar-refractivity contribution >= 4 is 17.6 Å². The zero-order valence-electron chi connectivity index (χ0n) is 14.4. The van der Waals surface area contributed by atoms with Gasteiger partial charge in [0.05, 0.1) is 5.56 Å². The lowest BCUT2D eigenvalue weighted by Gasteiger charge is -2.35. The average molecular weight is 359 g/mol. The molecule has 1 aliphatic rings. The van der Waals surface area contributed by atoms with E-state index < -0.39 is 11.7 Å². The van der Waals surface area contributed by atoms with Gasteiger partial charge in [0.25, 0.3) is 5.91 Å². The van der Waals surface area contributed by atoms with Gasteiger partial charge < -0.3 is 16.0 Å². The Hall–Kier alpha value is -2.90. The average Bonchev–Trinajstić information content (AvgIpc) is 3.15. The Morgan fingerprint density at radius 1 is 1.35 bits per heavy atom. The van der Waals surface area contributed by atoms with Crippen molar-refractivity contribution < 1.29 is 14.0 Å². The Balaban J connectivity index is 1.66. The molecule has 2 aromatic rings. The van der Waals surface area contributed by atoms with E-state index in [-0.39, 0.29) is 17.6 Å². The number of benzene rings is 1. The Morgan fingerprint density at radius 2 is 2.19 bits per heavy atom. The van der Waals surface area contributed by atoms with Crippen molar-refractivity contribution in [3.05, 3.63) is 48.0 Å². The van der Waals surface area contributed by atoms with Gasteiger partial charge in [0.1, 0.15) is 5.82 Å². The topological polar surface area (TPSA) is 93.2 Å². The van der Waals surface area contributed by atoms with Crippen LogP contribution in [-0.4, -0.2) is 39.2 Å². The maximum atomic E-state index is 13.6. The van der Waals surface area contributed by atoms with Crippen molar-refractivity contribution in [2.75, 3.05) is 11.9 Å². The first kappa shape index (κ1) is 17.9. The van der Waals surface area contributed by atoms with Gasteiger partial charge in [0, 0.05) is 37.2 Å². The van der Waals surface area contributed by atoms with Gasteiger partial charge in [-0.3, -0.25) is 9.48 Å². The van der Waals surface area contributed by atoms with Crippen molar-refractivity contribution in [2.24, 2.45) is 5.73 Å². The highest BCUT2D eigenvalue weighted by Crippen LogP contribution is 2.22. The van der Waals surface area contributed by atoms with Crippen molar-refractivity contribution in [2.45, 2.75) is 38.3 Å². The molecular formula is C18H22FN5O2. The number of likely N-dealkylation sites (tertiary alicyclic amines) is 1. The molecule has 3 amide bonds. The fraction of sp³-hybridized carbons (Fsp3) is 0.389. The number of nitrogens with two attached hydrogens (primary N) is 1. The van der Waals surface area contributed by atoms with Crippen molar-refractivity contribution in [3.8, 4) is 0 Å². The summed E-state index contributed by atoms with van der Waals surface area (Å²) >= 11 is 0. The molecule has 0 spiro atoms. The summed E-state index contributed by atoms with van der Waals surface area (Å²) in [6.45, 7) is 1.41. The molecule has 0 radical (unpaired) electrons. The SMILES string of the molecule is NC(=O)c1cc(NC(=O)N2CCCC[C@@H]2CCn2cccn2)ccc1F. The lowest BCUT2D eigenvalue weighted by atomic mass is 10.00. The summed E-state index contributed by atoms with van der Waals surface area (Å²) < 4.78 is 15.4. The maximum Gasteiger partial charge on any atom is 0.322 e. The first-order valence-corrected chi connectivity index (χ1v) is 8.69. The molecule has 138 valence electrons. The molecule has 1 atom stereocenters. The summed E-state index contributed by atoms with van der Waals surface area (Å²) in [7, 11) is 0.